The summed E-state index contributed by atoms with van der Waals surface area (Å²) >= 11 is 0. The second kappa shape index (κ2) is 6.11. The molecule has 1 aromatic carbocycles. The molecule has 0 aliphatic heterocycles. The van der Waals surface area contributed by atoms with Gasteiger partial charge in [-0.2, -0.15) is 0 Å². The first kappa shape index (κ1) is 13.6. The summed E-state index contributed by atoms with van der Waals surface area (Å²) in [6.45, 7) is 0. The highest BCUT2D eigenvalue weighted by atomic mass is 19.1. The van der Waals surface area contributed by atoms with Crippen molar-refractivity contribution in [2.75, 3.05) is 0 Å². The number of halogens is 2. The van der Waals surface area contributed by atoms with Gasteiger partial charge in [-0.15, -0.1) is 10.1 Å². The van der Waals surface area contributed by atoms with Crippen LogP contribution in [0.1, 0.15) is 0 Å². The van der Waals surface area contributed by atoms with Crippen molar-refractivity contribution in [1.82, 2.24) is 0 Å². The van der Waals surface area contributed by atoms with Gasteiger partial charge in [-0.3, -0.25) is 0 Å². The van der Waals surface area contributed by atoms with Gasteiger partial charge < -0.3 is 16.7 Å². The second-order valence-corrected chi connectivity index (χ2v) is 2.40. The maximum Gasteiger partial charge on any atom is 0.291 e. The van der Waals surface area contributed by atoms with Gasteiger partial charge in [-0.25, -0.2) is 13.8 Å². The van der Waals surface area contributed by atoms with Crippen LogP contribution in [-0.4, -0.2) is 16.3 Å². The van der Waals surface area contributed by atoms with Crippen molar-refractivity contribution in [3.05, 3.63) is 39.9 Å². The molecule has 0 spiro atoms. The predicted molar refractivity (Wildman–Crippen MR) is 50.6 cm³/mol. The van der Waals surface area contributed by atoms with E-state index >= 15 is 0 Å². The Balaban J connectivity index is 0.000000487. The molecule has 88 valence electrons. The highest BCUT2D eigenvalue weighted by Crippen LogP contribution is 2.15. The first-order chi connectivity index (χ1) is 7.31. The summed E-state index contributed by atoms with van der Waals surface area (Å²) in [5, 5.41) is 13.6. The Hall–Kier alpha value is -2.45. The Morgan fingerprint density at radius 3 is 2.00 bits per heavy atom. The smallest absolute Gasteiger partial charge is 0.291 e. The van der Waals surface area contributed by atoms with Crippen LogP contribution >= 0.6 is 0 Å². The monoisotopic (exact) mass is 234 g/mol. The lowest BCUT2D eigenvalue weighted by molar-refractivity contribution is -0.742. The quantitative estimate of drug-likeness (QED) is 0.282. The van der Waals surface area contributed by atoms with Crippen LogP contribution in [0.2, 0.25) is 0 Å². The van der Waals surface area contributed by atoms with Gasteiger partial charge in [0.15, 0.2) is 5.96 Å². The molecule has 0 fully saturated rings. The minimum absolute atomic E-state index is 0.0625. The average Bonchev–Trinajstić information content (AvgIpc) is 1.97. The van der Waals surface area contributed by atoms with E-state index in [-0.39, 0.29) is 11.6 Å². The Morgan fingerprint density at radius 2 is 1.69 bits per heavy atom. The molecule has 0 radical (unpaired) electrons. The Bertz CT molecular complexity index is 382. The fraction of sp³-hybridized carbons (Fsp3) is 0. The lowest BCUT2D eigenvalue weighted by Crippen LogP contribution is -2.21. The zero-order valence-corrected chi connectivity index (χ0v) is 7.80. The van der Waals surface area contributed by atoms with Crippen molar-refractivity contribution in [1.29, 1.82) is 0 Å². The van der Waals surface area contributed by atoms with E-state index in [1.165, 1.54) is 0 Å². The molecule has 0 heterocycles. The van der Waals surface area contributed by atoms with Crippen LogP contribution in [-0.2, 0) is 0 Å². The average molecular weight is 234 g/mol. The molecule has 1 aromatic rings. The second-order valence-electron chi connectivity index (χ2n) is 2.40. The maximum atomic E-state index is 12.5. The van der Waals surface area contributed by atoms with Gasteiger partial charge in [0.05, 0.1) is 5.69 Å². The van der Waals surface area contributed by atoms with Gasteiger partial charge in [0, 0.05) is 6.07 Å². The third kappa shape index (κ3) is 7.00. The maximum absolute atomic E-state index is 12.5. The summed E-state index contributed by atoms with van der Waals surface area (Å²) in [7, 11) is 0. The third-order valence-electron chi connectivity index (χ3n) is 1.11. The van der Waals surface area contributed by atoms with Crippen LogP contribution in [0.5, 0.6) is 0 Å². The molecule has 7 nitrogen and oxygen atoms in total. The molecular formula is C7H8F2N4O3. The molecule has 16 heavy (non-hydrogen) atoms. The fourth-order valence-corrected chi connectivity index (χ4v) is 0.753. The lowest BCUT2D eigenvalue weighted by Gasteiger charge is -1.95. The summed E-state index contributed by atoms with van der Waals surface area (Å²) in [5.41, 5.74) is 10.1. The van der Waals surface area contributed by atoms with Crippen LogP contribution in [0.4, 0.5) is 14.5 Å². The lowest BCUT2D eigenvalue weighted by atomic mass is 10.3. The number of rotatable bonds is 1. The van der Waals surface area contributed by atoms with Crippen LogP contribution in [0.25, 0.3) is 0 Å². The van der Waals surface area contributed by atoms with E-state index in [1.54, 1.807) is 0 Å². The summed E-state index contributed by atoms with van der Waals surface area (Å²) < 4.78 is 25.0. The molecule has 9 heteroatoms. The number of nitrogens with zero attached hydrogens (tertiary/aromatic N) is 2. The van der Waals surface area contributed by atoms with E-state index < -0.39 is 16.7 Å². The molecular weight excluding hydrogens is 226 g/mol. The topological polar surface area (TPSA) is 128 Å². The van der Waals surface area contributed by atoms with E-state index in [0.717, 1.165) is 18.2 Å². The number of hydrogen-bond donors (Lipinski definition) is 3. The van der Waals surface area contributed by atoms with Gasteiger partial charge in [0.1, 0.15) is 11.6 Å². The largest absolute Gasteiger partial charge is 0.370 e. The fourth-order valence-electron chi connectivity index (χ4n) is 0.753. The van der Waals surface area contributed by atoms with E-state index in [9.17, 15) is 8.78 Å². The third-order valence-corrected chi connectivity index (χ3v) is 1.11. The molecule has 0 amide bonds. The molecule has 0 saturated carbocycles. The summed E-state index contributed by atoms with van der Waals surface area (Å²) in [4.78, 5) is 11.8. The normalized spacial score (nSPS) is 8.62. The van der Waals surface area contributed by atoms with Crippen molar-refractivity contribution < 1.29 is 19.1 Å². The van der Waals surface area contributed by atoms with Crippen LogP contribution in [0.15, 0.2) is 23.2 Å². The SMILES string of the molecule is NC(N)=Nc1cc(F)cc(F)c1.O=[N+]([O-])O. The standard InChI is InChI=1S/C7H7F2N3.HNO3/c8-4-1-5(9)3-6(2-4)12-7(10)11;2-1(3)4/h1-3H,(H4,10,11,12);(H,2,3,4). The molecule has 0 bridgehead atoms. The van der Waals surface area contributed by atoms with Gasteiger partial charge >= 0.3 is 0 Å². The Kier molecular flexibility index (Phi) is 5.18. The number of guanidine groups is 1. The first-order valence-corrected chi connectivity index (χ1v) is 3.70. The molecule has 1 rings (SSSR count). The Morgan fingerprint density at radius 1 is 1.31 bits per heavy atom. The van der Waals surface area contributed by atoms with Crippen LogP contribution < -0.4 is 11.5 Å². The molecule has 0 aliphatic carbocycles. The number of nitrogens with two attached hydrogens (primary N) is 2. The molecule has 0 aliphatic rings. The number of hydrogen-bond acceptors (Lipinski definition) is 3. The zero-order valence-electron chi connectivity index (χ0n) is 7.80. The van der Waals surface area contributed by atoms with E-state index in [0.29, 0.717) is 0 Å². The molecule has 0 unspecified atom stereocenters. The van der Waals surface area contributed by atoms with E-state index in [1.807, 2.05) is 0 Å². The van der Waals surface area contributed by atoms with Gasteiger partial charge in [-0.1, -0.05) is 0 Å². The van der Waals surface area contributed by atoms with Gasteiger partial charge in [-0.05, 0) is 12.1 Å². The van der Waals surface area contributed by atoms with Gasteiger partial charge in [0.2, 0.25) is 0 Å². The molecule has 5 N–H and O–H groups in total. The van der Waals surface area contributed by atoms with Crippen molar-refractivity contribution in [2.24, 2.45) is 16.5 Å². The van der Waals surface area contributed by atoms with Crippen molar-refractivity contribution in [2.45, 2.75) is 0 Å². The van der Waals surface area contributed by atoms with E-state index in [2.05, 4.69) is 4.99 Å². The summed E-state index contributed by atoms with van der Waals surface area (Å²) in [5.74, 6) is -1.66. The van der Waals surface area contributed by atoms with Gasteiger partial charge in [0.25, 0.3) is 5.09 Å². The Labute approximate surface area is 88.1 Å². The molecule has 0 atom stereocenters. The number of benzene rings is 1. The predicted octanol–water partition coefficient (Wildman–Crippen LogP) is 0.522. The summed E-state index contributed by atoms with van der Waals surface area (Å²) in [6.07, 6.45) is 0. The summed E-state index contributed by atoms with van der Waals surface area (Å²) in [6, 6.07) is 2.80. The van der Waals surface area contributed by atoms with Crippen molar-refractivity contribution in [3.8, 4) is 0 Å². The minimum atomic E-state index is -1.50. The highest BCUT2D eigenvalue weighted by Gasteiger charge is 1.98. The zero-order chi connectivity index (χ0) is 12.7. The van der Waals surface area contributed by atoms with Crippen LogP contribution in [0, 0.1) is 21.7 Å². The molecule has 0 aromatic heterocycles. The van der Waals surface area contributed by atoms with Crippen molar-refractivity contribution >= 4 is 11.6 Å². The number of aliphatic imine (C=N–C) groups is 1. The molecule has 0 saturated heterocycles. The minimum Gasteiger partial charge on any atom is -0.370 e. The highest BCUT2D eigenvalue weighted by molar-refractivity contribution is 5.78. The van der Waals surface area contributed by atoms with Crippen molar-refractivity contribution in [3.63, 3.8) is 0 Å². The van der Waals surface area contributed by atoms with E-state index in [4.69, 9.17) is 26.8 Å². The first-order valence-electron chi connectivity index (χ1n) is 3.70. The van der Waals surface area contributed by atoms with Crippen LogP contribution in [0.3, 0.4) is 0 Å².